The van der Waals surface area contributed by atoms with E-state index in [-0.39, 0.29) is 24.8 Å². The second-order valence-electron chi connectivity index (χ2n) is 7.11. The highest BCUT2D eigenvalue weighted by atomic mass is 16.2. The molecule has 0 aliphatic carbocycles. The molecule has 1 aromatic rings. The third-order valence-electron chi connectivity index (χ3n) is 5.23. The number of hydrogen-bond acceptors (Lipinski definition) is 6. The Bertz CT molecular complexity index is 807. The van der Waals surface area contributed by atoms with E-state index in [4.69, 9.17) is 0 Å². The average molecular weight is 372 g/mol. The van der Waals surface area contributed by atoms with Crippen molar-refractivity contribution < 1.29 is 19.2 Å². The van der Waals surface area contributed by atoms with Crippen LogP contribution in [-0.2, 0) is 16.1 Å². The summed E-state index contributed by atoms with van der Waals surface area (Å²) < 4.78 is 0. The first-order chi connectivity index (χ1) is 12.8. The summed E-state index contributed by atoms with van der Waals surface area (Å²) in [5.74, 6) is -1.91. The maximum atomic E-state index is 13.0. The van der Waals surface area contributed by atoms with Gasteiger partial charge < -0.3 is 5.32 Å². The number of imide groups is 2. The van der Waals surface area contributed by atoms with E-state index in [9.17, 15) is 19.2 Å². The number of hydrogen-bond donors (Lipinski definition) is 2. The molecule has 2 aliphatic rings. The van der Waals surface area contributed by atoms with Crippen molar-refractivity contribution in [3.8, 4) is 0 Å². The van der Waals surface area contributed by atoms with Gasteiger partial charge in [-0.3, -0.25) is 34.3 Å². The quantitative estimate of drug-likeness (QED) is 0.689. The molecule has 0 radical (unpaired) electrons. The lowest BCUT2D eigenvalue weighted by Gasteiger charge is -2.28. The normalized spacial score (nSPS) is 20.9. The van der Waals surface area contributed by atoms with Gasteiger partial charge in [0.1, 0.15) is 6.04 Å². The van der Waals surface area contributed by atoms with Crippen molar-refractivity contribution in [2.45, 2.75) is 38.4 Å². The number of fused-ring (bicyclic) bond motifs is 1. The fourth-order valence-corrected chi connectivity index (χ4v) is 3.59. The summed E-state index contributed by atoms with van der Waals surface area (Å²) in [7, 11) is 3.84. The van der Waals surface area contributed by atoms with Crippen LogP contribution in [0.2, 0.25) is 0 Å². The van der Waals surface area contributed by atoms with Crippen LogP contribution in [0.1, 0.15) is 46.0 Å². The average Bonchev–Trinajstić information content (AvgIpc) is 2.87. The van der Waals surface area contributed by atoms with Gasteiger partial charge in [-0.2, -0.15) is 0 Å². The predicted molar refractivity (Wildman–Crippen MR) is 98.0 cm³/mol. The molecule has 4 amide bonds. The highest BCUT2D eigenvalue weighted by Gasteiger charge is 2.45. The van der Waals surface area contributed by atoms with E-state index in [1.165, 1.54) is 0 Å². The molecule has 8 nitrogen and oxygen atoms in total. The summed E-state index contributed by atoms with van der Waals surface area (Å²) in [5.41, 5.74) is 1.43. The number of rotatable bonds is 6. The second kappa shape index (κ2) is 7.58. The summed E-state index contributed by atoms with van der Waals surface area (Å²) in [6.45, 7) is 3.37. The number of nitrogens with one attached hydrogen (secondary N) is 2. The van der Waals surface area contributed by atoms with Gasteiger partial charge in [0, 0.05) is 25.6 Å². The van der Waals surface area contributed by atoms with Gasteiger partial charge in [0.2, 0.25) is 11.8 Å². The van der Waals surface area contributed by atoms with Crippen LogP contribution in [-0.4, -0.2) is 66.2 Å². The molecule has 2 N–H and O–H groups in total. The maximum Gasteiger partial charge on any atom is 0.262 e. The molecular weight excluding hydrogens is 348 g/mol. The standard InChI is InChI=1S/C19H24N4O4/c1-11(9-20-2)22(3)10-12-5-4-6-13-16(12)19(27)23(18(13)26)14-7-8-15(24)21-17(14)25/h4-6,11,14,20H,7-10H2,1-3H3,(H,21,24,25). The van der Waals surface area contributed by atoms with Gasteiger partial charge in [0.25, 0.3) is 11.8 Å². The third kappa shape index (κ3) is 3.50. The summed E-state index contributed by atoms with van der Waals surface area (Å²) in [5, 5.41) is 5.33. The Morgan fingerprint density at radius 2 is 2.00 bits per heavy atom. The van der Waals surface area contributed by atoms with Crippen molar-refractivity contribution in [3.05, 3.63) is 34.9 Å². The Kier molecular flexibility index (Phi) is 5.38. The summed E-state index contributed by atoms with van der Waals surface area (Å²) in [6, 6.07) is 4.50. The van der Waals surface area contributed by atoms with Crippen molar-refractivity contribution in [2.24, 2.45) is 0 Å². The zero-order valence-corrected chi connectivity index (χ0v) is 15.7. The minimum Gasteiger partial charge on any atom is -0.318 e. The van der Waals surface area contributed by atoms with Crippen molar-refractivity contribution in [1.29, 1.82) is 0 Å². The Morgan fingerprint density at radius 1 is 1.26 bits per heavy atom. The van der Waals surface area contributed by atoms with Crippen LogP contribution in [0.4, 0.5) is 0 Å². The van der Waals surface area contributed by atoms with Crippen LogP contribution in [0.5, 0.6) is 0 Å². The van der Waals surface area contributed by atoms with Crippen LogP contribution < -0.4 is 10.6 Å². The SMILES string of the molecule is CNCC(C)N(C)Cc1cccc2c1C(=O)N(C1CCC(=O)NC1=O)C2=O. The summed E-state index contributed by atoms with van der Waals surface area (Å²) in [4.78, 5) is 52.5. The van der Waals surface area contributed by atoms with E-state index in [0.717, 1.165) is 17.0 Å². The second-order valence-corrected chi connectivity index (χ2v) is 7.11. The number of benzene rings is 1. The van der Waals surface area contributed by atoms with E-state index in [2.05, 4.69) is 22.5 Å². The van der Waals surface area contributed by atoms with Gasteiger partial charge in [-0.25, -0.2) is 0 Å². The van der Waals surface area contributed by atoms with Crippen LogP contribution in [0.15, 0.2) is 18.2 Å². The van der Waals surface area contributed by atoms with E-state index >= 15 is 0 Å². The summed E-state index contributed by atoms with van der Waals surface area (Å²) in [6.07, 6.45) is 0.269. The van der Waals surface area contributed by atoms with E-state index in [1.807, 2.05) is 20.2 Å². The fraction of sp³-hybridized carbons (Fsp3) is 0.474. The Balaban J connectivity index is 1.88. The highest BCUT2D eigenvalue weighted by molar-refractivity contribution is 6.24. The molecular formula is C19H24N4O4. The van der Waals surface area contributed by atoms with Gasteiger partial charge in [0.15, 0.2) is 0 Å². The smallest absolute Gasteiger partial charge is 0.262 e. The molecule has 2 atom stereocenters. The molecule has 1 saturated heterocycles. The molecule has 2 heterocycles. The van der Waals surface area contributed by atoms with Crippen LogP contribution in [0, 0.1) is 0 Å². The van der Waals surface area contributed by atoms with Gasteiger partial charge in [-0.05, 0) is 39.1 Å². The van der Waals surface area contributed by atoms with Gasteiger partial charge in [-0.15, -0.1) is 0 Å². The molecule has 27 heavy (non-hydrogen) atoms. The summed E-state index contributed by atoms with van der Waals surface area (Å²) >= 11 is 0. The van der Waals surface area contributed by atoms with Crippen molar-refractivity contribution >= 4 is 23.6 Å². The zero-order valence-electron chi connectivity index (χ0n) is 15.7. The molecule has 144 valence electrons. The Labute approximate surface area is 157 Å². The number of amides is 4. The zero-order chi connectivity index (χ0) is 19.7. The van der Waals surface area contributed by atoms with Gasteiger partial charge >= 0.3 is 0 Å². The van der Waals surface area contributed by atoms with Gasteiger partial charge in [0.05, 0.1) is 11.1 Å². The fourth-order valence-electron chi connectivity index (χ4n) is 3.59. The molecule has 1 fully saturated rings. The first-order valence-corrected chi connectivity index (χ1v) is 9.03. The Hall–Kier alpha value is -2.58. The van der Waals surface area contributed by atoms with E-state index in [1.54, 1.807) is 12.1 Å². The van der Waals surface area contributed by atoms with Crippen molar-refractivity contribution in [1.82, 2.24) is 20.4 Å². The number of carbonyl (C=O) groups excluding carboxylic acids is 4. The number of piperidine rings is 1. The first-order valence-electron chi connectivity index (χ1n) is 9.03. The monoisotopic (exact) mass is 372 g/mol. The van der Waals surface area contributed by atoms with Crippen LogP contribution in [0.25, 0.3) is 0 Å². The Morgan fingerprint density at radius 3 is 2.67 bits per heavy atom. The number of likely N-dealkylation sites (N-methyl/N-ethyl adjacent to an activating group) is 2. The minimum absolute atomic E-state index is 0.112. The lowest BCUT2D eigenvalue weighted by Crippen LogP contribution is -2.54. The lowest BCUT2D eigenvalue weighted by molar-refractivity contribution is -0.136. The topological polar surface area (TPSA) is 98.8 Å². The number of carbonyl (C=O) groups is 4. The molecule has 0 aromatic heterocycles. The molecule has 2 unspecified atom stereocenters. The molecule has 1 aromatic carbocycles. The van der Waals surface area contributed by atoms with E-state index < -0.39 is 23.8 Å². The van der Waals surface area contributed by atoms with Crippen molar-refractivity contribution in [3.63, 3.8) is 0 Å². The van der Waals surface area contributed by atoms with E-state index in [0.29, 0.717) is 17.7 Å². The molecule has 0 saturated carbocycles. The van der Waals surface area contributed by atoms with Crippen LogP contribution in [0.3, 0.4) is 0 Å². The highest BCUT2D eigenvalue weighted by Crippen LogP contribution is 2.30. The molecule has 8 heteroatoms. The minimum atomic E-state index is -0.941. The third-order valence-corrected chi connectivity index (χ3v) is 5.23. The predicted octanol–water partition coefficient (Wildman–Crippen LogP) is 0.128. The molecule has 3 rings (SSSR count). The molecule has 0 bridgehead atoms. The first kappa shape index (κ1) is 19.2. The molecule has 0 spiro atoms. The molecule has 2 aliphatic heterocycles. The van der Waals surface area contributed by atoms with Crippen molar-refractivity contribution in [2.75, 3.05) is 20.6 Å². The largest absolute Gasteiger partial charge is 0.318 e. The maximum absolute atomic E-state index is 13.0. The van der Waals surface area contributed by atoms with Crippen LogP contribution >= 0.6 is 0 Å². The number of nitrogens with zero attached hydrogens (tertiary/aromatic N) is 2. The van der Waals surface area contributed by atoms with Gasteiger partial charge in [-0.1, -0.05) is 12.1 Å². The lowest BCUT2D eigenvalue weighted by atomic mass is 10.0.